The lowest BCUT2D eigenvalue weighted by Crippen LogP contribution is -2.25. The molecule has 2 N–H and O–H groups in total. The van der Waals surface area contributed by atoms with Gasteiger partial charge in [-0.1, -0.05) is 28.1 Å². The highest BCUT2D eigenvalue weighted by Gasteiger charge is 2.19. The Balaban J connectivity index is 1.83. The van der Waals surface area contributed by atoms with E-state index in [0.717, 1.165) is 41.8 Å². The van der Waals surface area contributed by atoms with Crippen LogP contribution in [-0.2, 0) is 12.8 Å². The molecule has 0 saturated heterocycles. The number of hydrogen-bond donors (Lipinski definition) is 1. The zero-order valence-corrected chi connectivity index (χ0v) is 11.6. The molecule has 0 fully saturated rings. The van der Waals surface area contributed by atoms with E-state index in [-0.39, 0.29) is 6.17 Å². The van der Waals surface area contributed by atoms with Gasteiger partial charge in [0.2, 0.25) is 0 Å². The van der Waals surface area contributed by atoms with Crippen LogP contribution in [0.15, 0.2) is 28.7 Å². The van der Waals surface area contributed by atoms with E-state index in [1.165, 1.54) is 5.56 Å². The Morgan fingerprint density at radius 1 is 1.33 bits per heavy atom. The van der Waals surface area contributed by atoms with E-state index in [2.05, 4.69) is 38.1 Å². The molecule has 1 aliphatic heterocycles. The van der Waals surface area contributed by atoms with Gasteiger partial charge in [0.15, 0.2) is 5.82 Å². The van der Waals surface area contributed by atoms with Crippen LogP contribution >= 0.6 is 15.9 Å². The zero-order valence-electron chi connectivity index (χ0n) is 10.0. The second kappa shape index (κ2) is 4.82. The summed E-state index contributed by atoms with van der Waals surface area (Å²) in [7, 11) is 0. The van der Waals surface area contributed by atoms with Gasteiger partial charge in [-0.3, -0.25) is 0 Å². The van der Waals surface area contributed by atoms with E-state index in [9.17, 15) is 0 Å². The first-order valence-electron chi connectivity index (χ1n) is 6.17. The summed E-state index contributed by atoms with van der Waals surface area (Å²) in [6.45, 7) is 0. The predicted octanol–water partition coefficient (Wildman–Crippen LogP) is 2.43. The Bertz CT molecular complexity index is 547. The SMILES string of the molecule is NC1CCCc2nc(Cc3ccc(Br)cc3)nn21. The highest BCUT2D eigenvalue weighted by molar-refractivity contribution is 9.10. The summed E-state index contributed by atoms with van der Waals surface area (Å²) in [6.07, 6.45) is 3.85. The number of nitrogens with two attached hydrogens (primary N) is 1. The number of benzene rings is 1. The average molecular weight is 307 g/mol. The number of aromatic nitrogens is 3. The van der Waals surface area contributed by atoms with Gasteiger partial charge in [-0.2, -0.15) is 5.10 Å². The first kappa shape index (κ1) is 11.9. The fourth-order valence-electron chi connectivity index (χ4n) is 2.29. The van der Waals surface area contributed by atoms with Gasteiger partial charge < -0.3 is 5.73 Å². The average Bonchev–Trinajstić information content (AvgIpc) is 2.76. The summed E-state index contributed by atoms with van der Waals surface area (Å²) < 4.78 is 2.97. The van der Waals surface area contributed by atoms with Gasteiger partial charge in [0, 0.05) is 17.3 Å². The molecule has 0 saturated carbocycles. The monoisotopic (exact) mass is 306 g/mol. The molecule has 1 atom stereocenters. The first-order valence-corrected chi connectivity index (χ1v) is 6.96. The largest absolute Gasteiger partial charge is 0.310 e. The number of hydrogen-bond acceptors (Lipinski definition) is 3. The van der Waals surface area contributed by atoms with Gasteiger partial charge in [-0.15, -0.1) is 0 Å². The van der Waals surface area contributed by atoms with Gasteiger partial charge in [-0.05, 0) is 30.5 Å². The minimum Gasteiger partial charge on any atom is -0.310 e. The Kier molecular flexibility index (Phi) is 3.18. The maximum absolute atomic E-state index is 6.03. The molecule has 0 aliphatic carbocycles. The third kappa shape index (κ3) is 2.33. The van der Waals surface area contributed by atoms with Crippen molar-refractivity contribution < 1.29 is 0 Å². The molecule has 1 aromatic heterocycles. The molecule has 1 aliphatic rings. The Hall–Kier alpha value is -1.20. The van der Waals surface area contributed by atoms with Crippen molar-refractivity contribution in [2.75, 3.05) is 0 Å². The van der Waals surface area contributed by atoms with E-state index in [0.29, 0.717) is 0 Å². The van der Waals surface area contributed by atoms with Crippen molar-refractivity contribution in [2.24, 2.45) is 5.73 Å². The second-order valence-corrected chi connectivity index (χ2v) is 5.57. The van der Waals surface area contributed by atoms with Crippen LogP contribution < -0.4 is 5.73 Å². The molecular weight excluding hydrogens is 292 g/mol. The molecule has 2 heterocycles. The fraction of sp³-hybridized carbons (Fsp3) is 0.385. The fourth-order valence-corrected chi connectivity index (χ4v) is 2.56. The smallest absolute Gasteiger partial charge is 0.155 e. The summed E-state index contributed by atoms with van der Waals surface area (Å²) in [5.41, 5.74) is 7.24. The van der Waals surface area contributed by atoms with Crippen LogP contribution in [0, 0.1) is 0 Å². The van der Waals surface area contributed by atoms with Crippen LogP contribution in [0.3, 0.4) is 0 Å². The highest BCUT2D eigenvalue weighted by atomic mass is 79.9. The Morgan fingerprint density at radius 3 is 2.83 bits per heavy atom. The Morgan fingerprint density at radius 2 is 2.11 bits per heavy atom. The van der Waals surface area contributed by atoms with Crippen molar-refractivity contribution in [3.05, 3.63) is 46.0 Å². The van der Waals surface area contributed by atoms with Crippen LogP contribution in [0.25, 0.3) is 0 Å². The maximum Gasteiger partial charge on any atom is 0.155 e. The molecular formula is C13H15BrN4. The lowest BCUT2D eigenvalue weighted by Gasteiger charge is -2.18. The van der Waals surface area contributed by atoms with Crippen LogP contribution in [-0.4, -0.2) is 14.8 Å². The van der Waals surface area contributed by atoms with E-state index in [1.54, 1.807) is 0 Å². The maximum atomic E-state index is 6.03. The van der Waals surface area contributed by atoms with Gasteiger partial charge in [-0.25, -0.2) is 9.67 Å². The van der Waals surface area contributed by atoms with Crippen molar-refractivity contribution in [1.82, 2.24) is 14.8 Å². The van der Waals surface area contributed by atoms with Gasteiger partial charge in [0.1, 0.15) is 12.0 Å². The van der Waals surface area contributed by atoms with Crippen molar-refractivity contribution in [2.45, 2.75) is 31.8 Å². The molecule has 0 radical (unpaired) electrons. The summed E-state index contributed by atoms with van der Waals surface area (Å²) >= 11 is 3.43. The molecule has 1 aromatic carbocycles. The van der Waals surface area contributed by atoms with Crippen LogP contribution in [0.5, 0.6) is 0 Å². The van der Waals surface area contributed by atoms with Gasteiger partial charge in [0.25, 0.3) is 0 Å². The zero-order chi connectivity index (χ0) is 12.5. The first-order chi connectivity index (χ1) is 8.72. The molecule has 5 heteroatoms. The van der Waals surface area contributed by atoms with E-state index < -0.39 is 0 Å². The number of aryl methyl sites for hydroxylation is 1. The molecule has 0 bridgehead atoms. The third-order valence-corrected chi connectivity index (χ3v) is 3.76. The van der Waals surface area contributed by atoms with Gasteiger partial charge in [0.05, 0.1) is 0 Å². The molecule has 4 nitrogen and oxygen atoms in total. The molecule has 94 valence electrons. The molecule has 3 rings (SSSR count). The van der Waals surface area contributed by atoms with E-state index in [1.807, 2.05) is 16.8 Å². The summed E-state index contributed by atoms with van der Waals surface area (Å²) in [4.78, 5) is 4.58. The predicted molar refractivity (Wildman–Crippen MR) is 73.1 cm³/mol. The normalized spacial score (nSPS) is 18.7. The van der Waals surface area contributed by atoms with Crippen LogP contribution in [0.2, 0.25) is 0 Å². The summed E-state index contributed by atoms with van der Waals surface area (Å²) in [5.74, 6) is 1.89. The lowest BCUT2D eigenvalue weighted by atomic mass is 10.1. The van der Waals surface area contributed by atoms with Crippen molar-refractivity contribution in [3.8, 4) is 0 Å². The summed E-state index contributed by atoms with van der Waals surface area (Å²) in [6, 6.07) is 8.25. The standard InChI is InChI=1S/C13H15BrN4/c14-10-6-4-9(5-7-10)8-12-16-13-3-1-2-11(15)18(13)17-12/h4-7,11H,1-3,8,15H2. The number of fused-ring (bicyclic) bond motifs is 1. The third-order valence-electron chi connectivity index (χ3n) is 3.24. The van der Waals surface area contributed by atoms with Gasteiger partial charge >= 0.3 is 0 Å². The molecule has 18 heavy (non-hydrogen) atoms. The minimum absolute atomic E-state index is 0.0000761. The lowest BCUT2D eigenvalue weighted by molar-refractivity contribution is 0.371. The molecule has 0 spiro atoms. The van der Waals surface area contributed by atoms with Crippen molar-refractivity contribution in [1.29, 1.82) is 0 Å². The molecule has 0 amide bonds. The summed E-state index contributed by atoms with van der Waals surface area (Å²) in [5, 5.41) is 4.52. The van der Waals surface area contributed by atoms with E-state index >= 15 is 0 Å². The minimum atomic E-state index is -0.0000761. The van der Waals surface area contributed by atoms with Crippen LogP contribution in [0.1, 0.15) is 36.2 Å². The number of nitrogens with zero attached hydrogens (tertiary/aromatic N) is 3. The van der Waals surface area contributed by atoms with E-state index in [4.69, 9.17) is 5.73 Å². The Labute approximate surface area is 114 Å². The molecule has 2 aromatic rings. The molecule has 1 unspecified atom stereocenters. The second-order valence-electron chi connectivity index (χ2n) is 4.65. The van der Waals surface area contributed by atoms with Crippen molar-refractivity contribution >= 4 is 15.9 Å². The van der Waals surface area contributed by atoms with Crippen LogP contribution in [0.4, 0.5) is 0 Å². The highest BCUT2D eigenvalue weighted by Crippen LogP contribution is 2.20. The number of halogens is 1. The number of rotatable bonds is 2. The topological polar surface area (TPSA) is 56.7 Å². The van der Waals surface area contributed by atoms with Crippen molar-refractivity contribution in [3.63, 3.8) is 0 Å². The quantitative estimate of drug-likeness (QED) is 0.927.